The average Bonchev–Trinajstić information content (AvgIpc) is 3.13. The minimum absolute atomic E-state index is 0.0154. The molecule has 0 saturated heterocycles. The molecule has 9 nitrogen and oxygen atoms in total. The fraction of sp³-hybridized carbons (Fsp3) is 0.318. The van der Waals surface area contributed by atoms with Gasteiger partial charge in [-0.25, -0.2) is 17.8 Å². The zero-order valence-electron chi connectivity index (χ0n) is 18.8. The first kappa shape index (κ1) is 23.3. The monoisotopic (exact) mass is 458 g/mol. The smallest absolute Gasteiger partial charge is 0.287 e. The summed E-state index contributed by atoms with van der Waals surface area (Å²) in [5, 5.41) is 7.90. The summed E-state index contributed by atoms with van der Waals surface area (Å²) in [4.78, 5) is 12.7. The van der Waals surface area contributed by atoms with Gasteiger partial charge in [-0.15, -0.1) is 5.10 Å². The van der Waals surface area contributed by atoms with E-state index in [-0.39, 0.29) is 16.0 Å². The second-order valence-corrected chi connectivity index (χ2v) is 9.86. The van der Waals surface area contributed by atoms with Crippen molar-refractivity contribution >= 4 is 15.9 Å². The third-order valence-electron chi connectivity index (χ3n) is 4.98. The van der Waals surface area contributed by atoms with Crippen LogP contribution >= 0.6 is 0 Å². The maximum atomic E-state index is 12.7. The summed E-state index contributed by atoms with van der Waals surface area (Å²) in [7, 11) is -1.06. The number of rotatable bonds is 6. The molecule has 1 aromatic heterocycles. The molecule has 0 bridgehead atoms. The highest BCUT2D eigenvalue weighted by Crippen LogP contribution is 2.28. The van der Waals surface area contributed by atoms with Crippen molar-refractivity contribution in [3.8, 4) is 17.2 Å². The molecular weight excluding hydrogens is 432 g/mol. The van der Waals surface area contributed by atoms with Crippen molar-refractivity contribution in [3.05, 3.63) is 59.4 Å². The summed E-state index contributed by atoms with van der Waals surface area (Å²) in [5.74, 6) is 0.163. The molecule has 3 rings (SSSR count). The third kappa shape index (κ3) is 4.59. The Hall–Kier alpha value is -3.40. The number of methoxy groups -OCH3 is 2. The van der Waals surface area contributed by atoms with Crippen molar-refractivity contribution < 1.29 is 22.7 Å². The summed E-state index contributed by atoms with van der Waals surface area (Å²) in [5.41, 5.74) is 1.57. The maximum Gasteiger partial charge on any atom is 0.287 e. The van der Waals surface area contributed by atoms with Gasteiger partial charge in [0.15, 0.2) is 5.69 Å². The quantitative estimate of drug-likeness (QED) is 0.604. The first-order valence-electron chi connectivity index (χ1n) is 9.80. The zero-order chi connectivity index (χ0) is 23.7. The van der Waals surface area contributed by atoms with Crippen LogP contribution in [-0.4, -0.2) is 43.5 Å². The summed E-state index contributed by atoms with van der Waals surface area (Å²) in [6.07, 6.45) is 0. The maximum absolute atomic E-state index is 12.7. The minimum Gasteiger partial charge on any atom is -0.497 e. The molecule has 0 aliphatic heterocycles. The van der Waals surface area contributed by atoms with Gasteiger partial charge in [-0.1, -0.05) is 38.1 Å². The zero-order valence-corrected chi connectivity index (χ0v) is 19.6. The topological polar surface area (TPSA) is 112 Å². The summed E-state index contributed by atoms with van der Waals surface area (Å²) in [6.45, 7) is 7.70. The second-order valence-electron chi connectivity index (χ2n) is 8.18. The van der Waals surface area contributed by atoms with Gasteiger partial charge in [-0.05, 0) is 42.2 Å². The third-order valence-corrected chi connectivity index (χ3v) is 6.33. The molecule has 32 heavy (non-hydrogen) atoms. The van der Waals surface area contributed by atoms with Crippen LogP contribution in [0.1, 0.15) is 42.5 Å². The molecule has 1 N–H and O–H groups in total. The Bertz CT molecular complexity index is 1240. The van der Waals surface area contributed by atoms with E-state index in [1.807, 2.05) is 20.8 Å². The lowest BCUT2D eigenvalue weighted by atomic mass is 9.87. The van der Waals surface area contributed by atoms with Gasteiger partial charge in [0.05, 0.1) is 24.8 Å². The predicted octanol–water partition coefficient (Wildman–Crippen LogP) is 3.01. The van der Waals surface area contributed by atoms with Crippen molar-refractivity contribution in [1.29, 1.82) is 0 Å². The van der Waals surface area contributed by atoms with E-state index in [1.54, 1.807) is 37.3 Å². The molecule has 170 valence electrons. The molecule has 0 unspecified atom stereocenters. The Morgan fingerprint density at radius 2 is 1.69 bits per heavy atom. The first-order chi connectivity index (χ1) is 15.0. The molecule has 0 aliphatic carbocycles. The lowest BCUT2D eigenvalue weighted by Crippen LogP contribution is -2.31. The number of nitrogens with zero attached hydrogens (tertiary/aromatic N) is 3. The Morgan fingerprint density at radius 3 is 2.25 bits per heavy atom. The number of hydrogen-bond donors (Lipinski definition) is 1. The number of aromatic nitrogens is 3. The van der Waals surface area contributed by atoms with E-state index in [0.29, 0.717) is 22.9 Å². The lowest BCUT2D eigenvalue weighted by molar-refractivity contribution is 0.0976. The molecule has 0 saturated carbocycles. The molecule has 0 radical (unpaired) electrons. The van der Waals surface area contributed by atoms with E-state index in [4.69, 9.17) is 9.47 Å². The van der Waals surface area contributed by atoms with Crippen LogP contribution in [-0.2, 0) is 15.4 Å². The van der Waals surface area contributed by atoms with Crippen LogP contribution in [0.3, 0.4) is 0 Å². The van der Waals surface area contributed by atoms with Gasteiger partial charge in [0.2, 0.25) is 0 Å². The van der Waals surface area contributed by atoms with Gasteiger partial charge < -0.3 is 9.47 Å². The van der Waals surface area contributed by atoms with E-state index in [1.165, 1.54) is 31.0 Å². The lowest BCUT2D eigenvalue weighted by Gasteiger charge is -2.19. The molecular formula is C22H26N4O5S. The molecule has 10 heteroatoms. The van der Waals surface area contributed by atoms with Crippen LogP contribution in [0.25, 0.3) is 5.69 Å². The Kier molecular flexibility index (Phi) is 6.27. The highest BCUT2D eigenvalue weighted by molar-refractivity contribution is 7.90. The van der Waals surface area contributed by atoms with Crippen molar-refractivity contribution in [2.45, 2.75) is 38.0 Å². The van der Waals surface area contributed by atoms with E-state index in [2.05, 4.69) is 15.0 Å². The second kappa shape index (κ2) is 8.62. The number of carbonyl (C=O) groups excluding carboxylic acids is 1. The number of sulfonamides is 1. The predicted molar refractivity (Wildman–Crippen MR) is 119 cm³/mol. The van der Waals surface area contributed by atoms with E-state index in [0.717, 1.165) is 5.56 Å². The van der Waals surface area contributed by atoms with Gasteiger partial charge in [-0.3, -0.25) is 4.79 Å². The van der Waals surface area contributed by atoms with E-state index < -0.39 is 15.9 Å². The molecule has 3 aromatic rings. The SMILES string of the molecule is COc1ccc(OC)c(-n2nnc(C(=O)NS(=O)(=O)c3ccc(C(C)(C)C)cc3)c2C)c1. The van der Waals surface area contributed by atoms with Gasteiger partial charge in [-0.2, -0.15) is 0 Å². The van der Waals surface area contributed by atoms with Crippen LogP contribution in [0, 0.1) is 6.92 Å². The molecule has 0 atom stereocenters. The highest BCUT2D eigenvalue weighted by atomic mass is 32.2. The Balaban J connectivity index is 1.89. The van der Waals surface area contributed by atoms with Gasteiger partial charge in [0, 0.05) is 6.07 Å². The summed E-state index contributed by atoms with van der Waals surface area (Å²) >= 11 is 0. The molecule has 1 heterocycles. The molecule has 0 aliphatic rings. The summed E-state index contributed by atoms with van der Waals surface area (Å²) in [6, 6.07) is 11.5. The number of hydrogen-bond acceptors (Lipinski definition) is 7. The first-order valence-corrected chi connectivity index (χ1v) is 11.3. The standard InChI is InChI=1S/C22H26N4O5S/c1-14-20(23-25-26(14)18-13-16(30-5)9-12-19(18)31-6)21(27)24-32(28,29)17-10-7-15(8-11-17)22(2,3)4/h7-13H,1-6H3,(H,24,27). The minimum atomic E-state index is -4.09. The van der Waals surface area contributed by atoms with Crippen LogP contribution in [0.5, 0.6) is 11.5 Å². The van der Waals surface area contributed by atoms with E-state index in [9.17, 15) is 13.2 Å². The molecule has 0 fully saturated rings. The van der Waals surface area contributed by atoms with Crippen molar-refractivity contribution in [2.24, 2.45) is 0 Å². The number of ether oxygens (including phenoxy) is 2. The van der Waals surface area contributed by atoms with Crippen LogP contribution in [0.4, 0.5) is 0 Å². The van der Waals surface area contributed by atoms with E-state index >= 15 is 0 Å². The molecule has 2 aromatic carbocycles. The molecule has 0 spiro atoms. The Morgan fingerprint density at radius 1 is 1.03 bits per heavy atom. The van der Waals surface area contributed by atoms with Crippen molar-refractivity contribution in [3.63, 3.8) is 0 Å². The van der Waals surface area contributed by atoms with Crippen molar-refractivity contribution in [2.75, 3.05) is 14.2 Å². The average molecular weight is 459 g/mol. The Labute approximate surface area is 187 Å². The van der Waals surface area contributed by atoms with Gasteiger partial charge >= 0.3 is 0 Å². The fourth-order valence-electron chi connectivity index (χ4n) is 3.09. The van der Waals surface area contributed by atoms with Gasteiger partial charge in [0.25, 0.3) is 15.9 Å². The van der Waals surface area contributed by atoms with Gasteiger partial charge in [0.1, 0.15) is 17.2 Å². The fourth-order valence-corrected chi connectivity index (χ4v) is 4.05. The van der Waals surface area contributed by atoms with Crippen LogP contribution in [0.2, 0.25) is 0 Å². The van der Waals surface area contributed by atoms with Crippen LogP contribution < -0.4 is 14.2 Å². The largest absolute Gasteiger partial charge is 0.497 e. The normalized spacial score (nSPS) is 11.8. The number of nitrogens with one attached hydrogen (secondary N) is 1. The number of amides is 1. The molecule has 1 amide bonds. The van der Waals surface area contributed by atoms with Crippen molar-refractivity contribution in [1.82, 2.24) is 19.7 Å². The highest BCUT2D eigenvalue weighted by Gasteiger charge is 2.25. The van der Waals surface area contributed by atoms with Crippen LogP contribution in [0.15, 0.2) is 47.4 Å². The number of carbonyl (C=O) groups is 1. The number of benzene rings is 2. The summed E-state index contributed by atoms with van der Waals surface area (Å²) < 4.78 is 39.5.